The third-order valence-electron chi connectivity index (χ3n) is 2.53. The molecule has 4 nitrogen and oxygen atoms in total. The van der Waals surface area contributed by atoms with Crippen LogP contribution < -0.4 is 10.5 Å². The molecular formula is C13H19NO3. The Morgan fingerprint density at radius 2 is 2.18 bits per heavy atom. The van der Waals surface area contributed by atoms with E-state index in [1.165, 1.54) is 0 Å². The molecule has 1 aromatic carbocycles. The van der Waals surface area contributed by atoms with Crippen molar-refractivity contribution in [2.75, 3.05) is 20.8 Å². The van der Waals surface area contributed by atoms with Crippen LogP contribution in [0.2, 0.25) is 0 Å². The zero-order chi connectivity index (χ0) is 12.7. The molecule has 0 fully saturated rings. The van der Waals surface area contributed by atoms with Crippen LogP contribution in [-0.2, 0) is 4.74 Å². The van der Waals surface area contributed by atoms with Crippen LogP contribution in [0.3, 0.4) is 0 Å². The Balaban J connectivity index is 2.56. The highest BCUT2D eigenvalue weighted by Gasteiger charge is 2.12. The number of carbonyl (C=O) groups excluding carboxylic acids is 1. The van der Waals surface area contributed by atoms with E-state index in [0.29, 0.717) is 30.8 Å². The molecule has 0 radical (unpaired) electrons. The number of carbonyl (C=O) groups is 1. The molecule has 94 valence electrons. The van der Waals surface area contributed by atoms with Crippen molar-refractivity contribution in [1.82, 2.24) is 0 Å². The molecule has 1 atom stereocenters. The molecule has 0 saturated heterocycles. The second-order valence-electron chi connectivity index (χ2n) is 3.90. The van der Waals surface area contributed by atoms with Gasteiger partial charge in [-0.15, -0.1) is 0 Å². The van der Waals surface area contributed by atoms with Gasteiger partial charge in [-0.05, 0) is 18.6 Å². The van der Waals surface area contributed by atoms with Crippen LogP contribution in [0, 0.1) is 0 Å². The van der Waals surface area contributed by atoms with E-state index in [4.69, 9.17) is 15.2 Å². The van der Waals surface area contributed by atoms with E-state index in [1.54, 1.807) is 32.4 Å². The first kappa shape index (κ1) is 13.7. The van der Waals surface area contributed by atoms with Crippen LogP contribution in [0.1, 0.15) is 23.2 Å². The van der Waals surface area contributed by atoms with Crippen molar-refractivity contribution in [2.45, 2.75) is 18.9 Å². The lowest BCUT2D eigenvalue weighted by Crippen LogP contribution is -2.25. The first-order chi connectivity index (χ1) is 8.17. The van der Waals surface area contributed by atoms with E-state index in [1.807, 2.05) is 6.07 Å². The molecule has 1 unspecified atom stereocenters. The zero-order valence-electron chi connectivity index (χ0n) is 10.3. The van der Waals surface area contributed by atoms with Gasteiger partial charge in [0.05, 0.1) is 7.11 Å². The van der Waals surface area contributed by atoms with Gasteiger partial charge in [0.1, 0.15) is 5.75 Å². The summed E-state index contributed by atoms with van der Waals surface area (Å²) in [5.41, 5.74) is 6.47. The first-order valence-corrected chi connectivity index (χ1v) is 5.59. The Morgan fingerprint density at radius 3 is 2.82 bits per heavy atom. The van der Waals surface area contributed by atoms with Crippen molar-refractivity contribution in [3.63, 3.8) is 0 Å². The number of ketones is 1. The van der Waals surface area contributed by atoms with E-state index in [2.05, 4.69) is 0 Å². The van der Waals surface area contributed by atoms with Crippen LogP contribution in [0.15, 0.2) is 24.3 Å². The second-order valence-corrected chi connectivity index (χ2v) is 3.90. The highest BCUT2D eigenvalue weighted by atomic mass is 16.5. The molecule has 1 rings (SSSR count). The molecule has 0 saturated carbocycles. The van der Waals surface area contributed by atoms with Crippen molar-refractivity contribution in [3.8, 4) is 5.75 Å². The van der Waals surface area contributed by atoms with Crippen LogP contribution in [0.25, 0.3) is 0 Å². The molecule has 2 N–H and O–H groups in total. The average Bonchev–Trinajstić information content (AvgIpc) is 2.36. The van der Waals surface area contributed by atoms with Crippen molar-refractivity contribution in [2.24, 2.45) is 5.73 Å². The largest absolute Gasteiger partial charge is 0.497 e. The van der Waals surface area contributed by atoms with Crippen molar-refractivity contribution >= 4 is 5.78 Å². The molecular weight excluding hydrogens is 218 g/mol. The van der Waals surface area contributed by atoms with Gasteiger partial charge in [-0.2, -0.15) is 0 Å². The summed E-state index contributed by atoms with van der Waals surface area (Å²) in [5.74, 6) is 0.716. The number of rotatable bonds is 7. The minimum atomic E-state index is -0.159. The fraction of sp³-hybridized carbons (Fsp3) is 0.462. The van der Waals surface area contributed by atoms with Gasteiger partial charge in [0.2, 0.25) is 0 Å². The van der Waals surface area contributed by atoms with E-state index in [9.17, 15) is 4.79 Å². The fourth-order valence-electron chi connectivity index (χ4n) is 1.52. The molecule has 0 spiro atoms. The lowest BCUT2D eigenvalue weighted by molar-refractivity contribution is 0.0966. The number of methoxy groups -OCH3 is 2. The Kier molecular flexibility index (Phi) is 5.66. The predicted molar refractivity (Wildman–Crippen MR) is 66.4 cm³/mol. The minimum Gasteiger partial charge on any atom is -0.497 e. The molecule has 4 heteroatoms. The third kappa shape index (κ3) is 4.54. The molecule has 0 amide bonds. The number of ether oxygens (including phenoxy) is 2. The minimum absolute atomic E-state index is 0.0347. The normalized spacial score (nSPS) is 12.2. The van der Waals surface area contributed by atoms with Gasteiger partial charge in [0.25, 0.3) is 0 Å². The quantitative estimate of drug-likeness (QED) is 0.732. The van der Waals surface area contributed by atoms with Crippen LogP contribution in [0.4, 0.5) is 0 Å². The second kappa shape index (κ2) is 7.04. The summed E-state index contributed by atoms with van der Waals surface area (Å²) in [4.78, 5) is 11.9. The predicted octanol–water partition coefficient (Wildman–Crippen LogP) is 1.63. The summed E-state index contributed by atoms with van der Waals surface area (Å²) in [6, 6.07) is 6.95. The van der Waals surface area contributed by atoms with Gasteiger partial charge in [0.15, 0.2) is 5.78 Å². The molecule has 0 aromatic heterocycles. The Morgan fingerprint density at radius 1 is 1.41 bits per heavy atom. The highest BCUT2D eigenvalue weighted by molar-refractivity contribution is 5.96. The maximum absolute atomic E-state index is 11.9. The average molecular weight is 237 g/mol. The number of hydrogen-bond donors (Lipinski definition) is 1. The first-order valence-electron chi connectivity index (χ1n) is 5.59. The topological polar surface area (TPSA) is 61.5 Å². The molecule has 1 aromatic rings. The molecule has 0 aliphatic carbocycles. The van der Waals surface area contributed by atoms with Gasteiger partial charge in [0, 0.05) is 31.7 Å². The Labute approximate surface area is 102 Å². The van der Waals surface area contributed by atoms with Crippen LogP contribution in [-0.4, -0.2) is 32.7 Å². The van der Waals surface area contributed by atoms with Gasteiger partial charge in [-0.25, -0.2) is 0 Å². The van der Waals surface area contributed by atoms with Gasteiger partial charge in [-0.3, -0.25) is 4.79 Å². The van der Waals surface area contributed by atoms with Crippen molar-refractivity contribution < 1.29 is 14.3 Å². The summed E-state index contributed by atoms with van der Waals surface area (Å²) in [7, 11) is 3.20. The standard InChI is InChI=1S/C13H19NO3/c1-16-7-6-11(14)9-13(15)10-4-3-5-12(8-10)17-2/h3-5,8,11H,6-7,9,14H2,1-2H3. The number of benzene rings is 1. The monoisotopic (exact) mass is 237 g/mol. The summed E-state index contributed by atoms with van der Waals surface area (Å²) in [6.45, 7) is 0.576. The Hall–Kier alpha value is -1.39. The number of Topliss-reactive ketones (excluding diaryl/α,β-unsaturated/α-hetero) is 1. The lowest BCUT2D eigenvalue weighted by Gasteiger charge is -2.10. The lowest BCUT2D eigenvalue weighted by atomic mass is 10.0. The SMILES string of the molecule is COCCC(N)CC(=O)c1cccc(OC)c1. The number of nitrogens with two attached hydrogens (primary N) is 1. The number of hydrogen-bond acceptors (Lipinski definition) is 4. The van der Waals surface area contributed by atoms with Crippen LogP contribution >= 0.6 is 0 Å². The van der Waals surface area contributed by atoms with Gasteiger partial charge >= 0.3 is 0 Å². The highest BCUT2D eigenvalue weighted by Crippen LogP contribution is 2.14. The summed E-state index contributed by atoms with van der Waals surface area (Å²) >= 11 is 0. The van der Waals surface area contributed by atoms with Crippen molar-refractivity contribution in [3.05, 3.63) is 29.8 Å². The molecule has 0 bridgehead atoms. The maximum Gasteiger partial charge on any atom is 0.164 e. The molecule has 17 heavy (non-hydrogen) atoms. The van der Waals surface area contributed by atoms with E-state index >= 15 is 0 Å². The maximum atomic E-state index is 11.9. The smallest absolute Gasteiger partial charge is 0.164 e. The third-order valence-corrected chi connectivity index (χ3v) is 2.53. The van der Waals surface area contributed by atoms with E-state index < -0.39 is 0 Å². The summed E-state index contributed by atoms with van der Waals surface area (Å²) in [5, 5.41) is 0. The molecule has 0 heterocycles. The van der Waals surface area contributed by atoms with Crippen molar-refractivity contribution in [1.29, 1.82) is 0 Å². The van der Waals surface area contributed by atoms with Crippen LogP contribution in [0.5, 0.6) is 5.75 Å². The van der Waals surface area contributed by atoms with Gasteiger partial charge < -0.3 is 15.2 Å². The van der Waals surface area contributed by atoms with Gasteiger partial charge in [-0.1, -0.05) is 12.1 Å². The van der Waals surface area contributed by atoms with E-state index in [0.717, 1.165) is 0 Å². The zero-order valence-corrected chi connectivity index (χ0v) is 10.3. The Bertz CT molecular complexity index is 365. The van der Waals surface area contributed by atoms with E-state index in [-0.39, 0.29) is 11.8 Å². The summed E-state index contributed by atoms with van der Waals surface area (Å²) in [6.07, 6.45) is 1.02. The molecule has 0 aliphatic rings. The fourth-order valence-corrected chi connectivity index (χ4v) is 1.52. The summed E-state index contributed by atoms with van der Waals surface area (Å²) < 4.78 is 10.00. The molecule has 0 aliphatic heterocycles.